The molecule has 6 nitrogen and oxygen atoms in total. The summed E-state index contributed by atoms with van der Waals surface area (Å²) in [6.45, 7) is 3.87. The highest BCUT2D eigenvalue weighted by molar-refractivity contribution is 6.36. The number of aliphatic hydroxyl groups is 2. The molecule has 1 saturated carbocycles. The lowest BCUT2D eigenvalue weighted by Gasteiger charge is -2.19. The fraction of sp³-hybridized carbons (Fsp3) is 0.278. The monoisotopic (exact) mass is 391 g/mol. The van der Waals surface area contributed by atoms with E-state index in [9.17, 15) is 10.2 Å². The molecule has 4 atom stereocenters. The standard InChI is InChI=1S/C18H17Cl2N4O2/c1-9-6-14(18(26)17(9)25)22-15-4-5-21-16-8-13(23-24(15)16)11-3-2-10(19)7-12(11)20/h2-5,7-9,14,17-18,22,25-26H,1,6H2/t9-,14-,17-,18+/m1/s1. The van der Waals surface area contributed by atoms with Gasteiger partial charge in [0.25, 0.3) is 0 Å². The van der Waals surface area contributed by atoms with Crippen molar-refractivity contribution in [3.63, 3.8) is 0 Å². The molecule has 2 heterocycles. The summed E-state index contributed by atoms with van der Waals surface area (Å²) >= 11 is 12.2. The summed E-state index contributed by atoms with van der Waals surface area (Å²) in [4.78, 5) is 4.33. The fourth-order valence-corrected chi connectivity index (χ4v) is 3.79. The second kappa shape index (κ2) is 6.70. The van der Waals surface area contributed by atoms with Crippen LogP contribution in [0.4, 0.5) is 5.82 Å². The minimum absolute atomic E-state index is 0.221. The van der Waals surface area contributed by atoms with Gasteiger partial charge in [-0.25, -0.2) is 4.98 Å². The van der Waals surface area contributed by atoms with E-state index in [2.05, 4.69) is 22.3 Å². The Labute approximate surface area is 160 Å². The number of hydrogen-bond donors (Lipinski definition) is 3. The van der Waals surface area contributed by atoms with Gasteiger partial charge in [0.15, 0.2) is 5.65 Å². The van der Waals surface area contributed by atoms with Crippen LogP contribution in [-0.4, -0.2) is 43.1 Å². The number of nitrogens with zero attached hydrogens (tertiary/aromatic N) is 3. The van der Waals surface area contributed by atoms with Crippen molar-refractivity contribution >= 4 is 34.7 Å². The first-order chi connectivity index (χ1) is 12.4. The van der Waals surface area contributed by atoms with Crippen LogP contribution in [0.3, 0.4) is 0 Å². The third-order valence-corrected chi connectivity index (χ3v) is 5.25. The van der Waals surface area contributed by atoms with E-state index in [1.807, 2.05) is 12.1 Å². The predicted octanol–water partition coefficient (Wildman–Crippen LogP) is 3.06. The van der Waals surface area contributed by atoms with E-state index in [4.69, 9.17) is 23.2 Å². The number of hydrogen-bond acceptors (Lipinski definition) is 5. The van der Waals surface area contributed by atoms with Gasteiger partial charge in [-0.3, -0.25) is 0 Å². The van der Waals surface area contributed by atoms with Crippen molar-refractivity contribution in [2.45, 2.75) is 24.7 Å². The van der Waals surface area contributed by atoms with Crippen molar-refractivity contribution in [1.29, 1.82) is 0 Å². The predicted molar refractivity (Wildman–Crippen MR) is 101 cm³/mol. The second-order valence-electron chi connectivity index (χ2n) is 6.48. The van der Waals surface area contributed by atoms with Crippen molar-refractivity contribution < 1.29 is 10.2 Å². The summed E-state index contributed by atoms with van der Waals surface area (Å²) < 4.78 is 1.65. The zero-order chi connectivity index (χ0) is 18.4. The van der Waals surface area contributed by atoms with E-state index < -0.39 is 12.2 Å². The van der Waals surface area contributed by atoms with E-state index in [1.54, 1.807) is 28.9 Å². The van der Waals surface area contributed by atoms with Crippen LogP contribution in [0.5, 0.6) is 0 Å². The number of rotatable bonds is 3. The number of aliphatic hydroxyl groups excluding tert-OH is 2. The van der Waals surface area contributed by atoms with Crippen molar-refractivity contribution in [2.24, 2.45) is 5.92 Å². The van der Waals surface area contributed by atoms with Gasteiger partial charge < -0.3 is 15.5 Å². The Kier molecular flexibility index (Phi) is 4.52. The molecule has 0 amide bonds. The van der Waals surface area contributed by atoms with Gasteiger partial charge in [0.05, 0.1) is 22.9 Å². The molecule has 0 saturated heterocycles. The molecule has 0 bridgehead atoms. The van der Waals surface area contributed by atoms with Gasteiger partial charge in [0, 0.05) is 22.8 Å². The maximum absolute atomic E-state index is 10.2. The lowest BCUT2D eigenvalue weighted by atomic mass is 10.1. The highest BCUT2D eigenvalue weighted by atomic mass is 35.5. The molecule has 0 unspecified atom stereocenters. The molecule has 1 aliphatic carbocycles. The molecule has 4 rings (SSSR count). The van der Waals surface area contributed by atoms with Crippen molar-refractivity contribution in [1.82, 2.24) is 14.6 Å². The molecule has 0 aliphatic heterocycles. The van der Waals surface area contributed by atoms with Gasteiger partial charge in [0.2, 0.25) is 0 Å². The SMILES string of the molecule is [CH2][C@@H]1C[C@@H](Nc2ccnc3cc(-c4ccc(Cl)cc4Cl)nn23)[C@H](O)[C@@H]1O. The van der Waals surface area contributed by atoms with Crippen LogP contribution in [0.1, 0.15) is 6.42 Å². The Bertz CT molecular complexity index is 962. The molecule has 8 heteroatoms. The summed E-state index contributed by atoms with van der Waals surface area (Å²) in [6, 6.07) is 8.51. The normalized spacial score (nSPS) is 25.7. The summed E-state index contributed by atoms with van der Waals surface area (Å²) in [6.07, 6.45) is 0.488. The maximum Gasteiger partial charge on any atom is 0.157 e. The Morgan fingerprint density at radius 3 is 2.65 bits per heavy atom. The summed E-state index contributed by atoms with van der Waals surface area (Å²) in [7, 11) is 0. The number of aromatic nitrogens is 3. The molecule has 3 N–H and O–H groups in total. The number of fused-ring (bicyclic) bond motifs is 1. The highest BCUT2D eigenvalue weighted by Gasteiger charge is 2.39. The van der Waals surface area contributed by atoms with Crippen LogP contribution in [0.2, 0.25) is 10.0 Å². The molecular formula is C18H17Cl2N4O2. The van der Waals surface area contributed by atoms with Crippen LogP contribution in [0.25, 0.3) is 16.9 Å². The second-order valence-corrected chi connectivity index (χ2v) is 7.33. The minimum Gasteiger partial charge on any atom is -0.390 e. The van der Waals surface area contributed by atoms with E-state index >= 15 is 0 Å². The lowest BCUT2D eigenvalue weighted by molar-refractivity contribution is 0.0256. The first kappa shape index (κ1) is 17.5. The zero-order valence-corrected chi connectivity index (χ0v) is 15.2. The number of anilines is 1. The van der Waals surface area contributed by atoms with Gasteiger partial charge in [-0.2, -0.15) is 9.61 Å². The molecule has 0 spiro atoms. The topological polar surface area (TPSA) is 82.7 Å². The fourth-order valence-electron chi connectivity index (χ4n) is 3.29. The molecule has 1 aromatic carbocycles. The summed E-state index contributed by atoms with van der Waals surface area (Å²) in [5, 5.41) is 29.0. The van der Waals surface area contributed by atoms with Crippen molar-refractivity contribution in [3.05, 3.63) is 53.5 Å². The molecule has 2 aromatic heterocycles. The van der Waals surface area contributed by atoms with Crippen molar-refractivity contribution in [3.8, 4) is 11.3 Å². The average molecular weight is 392 g/mol. The van der Waals surface area contributed by atoms with Crippen molar-refractivity contribution in [2.75, 3.05) is 5.32 Å². The van der Waals surface area contributed by atoms with Crippen LogP contribution in [-0.2, 0) is 0 Å². The molecular weight excluding hydrogens is 375 g/mol. The minimum atomic E-state index is -0.888. The molecule has 135 valence electrons. The van der Waals surface area contributed by atoms with E-state index in [0.717, 1.165) is 5.56 Å². The molecule has 1 aliphatic rings. The van der Waals surface area contributed by atoms with Crippen LogP contribution in [0, 0.1) is 12.8 Å². The van der Waals surface area contributed by atoms with E-state index in [1.165, 1.54) is 0 Å². The average Bonchev–Trinajstić information content (AvgIpc) is 3.13. The first-order valence-corrected chi connectivity index (χ1v) is 8.95. The van der Waals surface area contributed by atoms with Gasteiger partial charge in [-0.1, -0.05) is 23.2 Å². The van der Waals surface area contributed by atoms with E-state index in [0.29, 0.717) is 33.6 Å². The third kappa shape index (κ3) is 3.03. The Morgan fingerprint density at radius 1 is 1.15 bits per heavy atom. The molecule has 26 heavy (non-hydrogen) atoms. The number of halogens is 2. The largest absolute Gasteiger partial charge is 0.390 e. The van der Waals surface area contributed by atoms with E-state index in [-0.39, 0.29) is 12.0 Å². The third-order valence-electron chi connectivity index (χ3n) is 4.70. The maximum atomic E-state index is 10.2. The molecule has 3 aromatic rings. The first-order valence-electron chi connectivity index (χ1n) is 8.20. The molecule has 1 radical (unpaired) electrons. The summed E-state index contributed by atoms with van der Waals surface area (Å²) in [5.74, 6) is 0.442. The highest BCUT2D eigenvalue weighted by Crippen LogP contribution is 2.31. The summed E-state index contributed by atoms with van der Waals surface area (Å²) in [5.41, 5.74) is 2.05. The van der Waals surface area contributed by atoms with Gasteiger partial charge in [0.1, 0.15) is 11.9 Å². The van der Waals surface area contributed by atoms with Gasteiger partial charge in [-0.15, -0.1) is 0 Å². The van der Waals surface area contributed by atoms with Gasteiger partial charge >= 0.3 is 0 Å². The van der Waals surface area contributed by atoms with Gasteiger partial charge in [-0.05, 0) is 43.5 Å². The Morgan fingerprint density at radius 2 is 1.96 bits per heavy atom. The zero-order valence-electron chi connectivity index (χ0n) is 13.7. The lowest BCUT2D eigenvalue weighted by Crippen LogP contribution is -2.35. The quantitative estimate of drug-likeness (QED) is 0.638. The van der Waals surface area contributed by atoms with Crippen LogP contribution >= 0.6 is 23.2 Å². The Hall–Kier alpha value is -1.86. The van der Waals surface area contributed by atoms with Crippen LogP contribution in [0.15, 0.2) is 36.5 Å². The number of nitrogens with one attached hydrogen (secondary N) is 1. The smallest absolute Gasteiger partial charge is 0.157 e. The Balaban J connectivity index is 1.70. The molecule has 1 fully saturated rings. The number of benzene rings is 1. The van der Waals surface area contributed by atoms with Crippen LogP contribution < -0.4 is 5.32 Å².